The van der Waals surface area contributed by atoms with Crippen molar-refractivity contribution >= 4 is 11.6 Å². The number of anilines is 1. The van der Waals surface area contributed by atoms with Gasteiger partial charge in [-0.3, -0.25) is 4.79 Å². The highest BCUT2D eigenvalue weighted by Gasteiger charge is 2.17. The van der Waals surface area contributed by atoms with E-state index in [1.807, 2.05) is 12.1 Å². The van der Waals surface area contributed by atoms with Crippen LogP contribution in [0.2, 0.25) is 0 Å². The molecule has 0 saturated carbocycles. The minimum Gasteiger partial charge on any atom is -0.326 e. The van der Waals surface area contributed by atoms with E-state index in [2.05, 4.69) is 35.6 Å². The van der Waals surface area contributed by atoms with E-state index in [0.29, 0.717) is 0 Å². The zero-order valence-corrected chi connectivity index (χ0v) is 9.58. The summed E-state index contributed by atoms with van der Waals surface area (Å²) in [6, 6.07) is 15.5. The number of fused-ring (bicyclic) bond motifs is 3. The number of benzene rings is 2. The van der Waals surface area contributed by atoms with Crippen LogP contribution >= 0.6 is 0 Å². The molecule has 0 aromatic heterocycles. The highest BCUT2D eigenvalue weighted by molar-refractivity contribution is 5.89. The molecule has 2 aromatic rings. The predicted molar refractivity (Wildman–Crippen MR) is 67.8 cm³/mol. The van der Waals surface area contributed by atoms with Crippen molar-refractivity contribution < 1.29 is 4.79 Å². The standard InChI is InChI=1S/C15H12NO/c1-10(17)16-13-6-7-15-12(9-13)8-11-4-2-3-5-14(11)15/h2-5,7,9H,8H2,1H3,(H,16,17). The Hall–Kier alpha value is -2.09. The van der Waals surface area contributed by atoms with Gasteiger partial charge in [-0.2, -0.15) is 0 Å². The molecule has 83 valence electrons. The Labute approximate surface area is 100 Å². The molecule has 0 bridgehead atoms. The van der Waals surface area contributed by atoms with Crippen molar-refractivity contribution in [3.05, 3.63) is 53.6 Å². The maximum atomic E-state index is 11.0. The molecule has 0 saturated heterocycles. The quantitative estimate of drug-likeness (QED) is 0.673. The number of amides is 1. The summed E-state index contributed by atoms with van der Waals surface area (Å²) in [6.07, 6.45) is 0.937. The molecule has 0 atom stereocenters. The second-order valence-corrected chi connectivity index (χ2v) is 4.30. The van der Waals surface area contributed by atoms with E-state index >= 15 is 0 Å². The third kappa shape index (κ3) is 1.72. The van der Waals surface area contributed by atoms with Gasteiger partial charge in [0.05, 0.1) is 0 Å². The number of rotatable bonds is 1. The number of nitrogens with one attached hydrogen (secondary N) is 1. The van der Waals surface area contributed by atoms with Crippen LogP contribution in [-0.2, 0) is 11.2 Å². The zero-order chi connectivity index (χ0) is 11.8. The molecule has 0 unspecified atom stereocenters. The van der Waals surface area contributed by atoms with Crippen LogP contribution in [-0.4, -0.2) is 5.91 Å². The topological polar surface area (TPSA) is 29.1 Å². The van der Waals surface area contributed by atoms with Gasteiger partial charge in [0, 0.05) is 18.7 Å². The molecule has 0 heterocycles. The van der Waals surface area contributed by atoms with Crippen molar-refractivity contribution in [1.82, 2.24) is 0 Å². The summed E-state index contributed by atoms with van der Waals surface area (Å²) in [5, 5.41) is 2.77. The van der Waals surface area contributed by atoms with Crippen molar-refractivity contribution in [2.24, 2.45) is 0 Å². The van der Waals surface area contributed by atoms with Gasteiger partial charge >= 0.3 is 0 Å². The van der Waals surface area contributed by atoms with Crippen LogP contribution in [0.3, 0.4) is 0 Å². The molecule has 17 heavy (non-hydrogen) atoms. The molecule has 0 spiro atoms. The lowest BCUT2D eigenvalue weighted by Crippen LogP contribution is -2.05. The number of carbonyl (C=O) groups excluding carboxylic acids is 1. The van der Waals surface area contributed by atoms with Gasteiger partial charge in [0.15, 0.2) is 0 Å². The Balaban J connectivity index is 2.04. The van der Waals surface area contributed by atoms with Gasteiger partial charge < -0.3 is 5.32 Å². The van der Waals surface area contributed by atoms with E-state index in [1.165, 1.54) is 29.2 Å². The molecule has 2 heteroatoms. The molecule has 0 fully saturated rings. The zero-order valence-electron chi connectivity index (χ0n) is 9.58. The molecule has 1 aliphatic carbocycles. The lowest BCUT2D eigenvalue weighted by Gasteiger charge is -2.04. The van der Waals surface area contributed by atoms with Crippen LogP contribution in [0.25, 0.3) is 11.1 Å². The average Bonchev–Trinajstić information content (AvgIpc) is 2.65. The van der Waals surface area contributed by atoms with E-state index in [0.717, 1.165) is 12.1 Å². The molecule has 1 amide bonds. The Morgan fingerprint density at radius 3 is 2.88 bits per heavy atom. The van der Waals surface area contributed by atoms with Crippen molar-refractivity contribution in [2.75, 3.05) is 5.32 Å². The van der Waals surface area contributed by atoms with Crippen LogP contribution in [0.4, 0.5) is 5.69 Å². The lowest BCUT2D eigenvalue weighted by atomic mass is 10.1. The molecule has 3 rings (SSSR count). The summed E-state index contributed by atoms with van der Waals surface area (Å²) in [5.74, 6) is -0.0586. The molecular weight excluding hydrogens is 210 g/mol. The monoisotopic (exact) mass is 222 g/mol. The maximum absolute atomic E-state index is 11.0. The van der Waals surface area contributed by atoms with Crippen LogP contribution in [0.5, 0.6) is 0 Å². The van der Waals surface area contributed by atoms with E-state index in [9.17, 15) is 4.79 Å². The van der Waals surface area contributed by atoms with Gasteiger partial charge in [-0.25, -0.2) is 0 Å². The fourth-order valence-corrected chi connectivity index (χ4v) is 2.34. The first-order valence-electron chi connectivity index (χ1n) is 5.64. The number of hydrogen-bond donors (Lipinski definition) is 1. The predicted octanol–water partition coefficient (Wildman–Crippen LogP) is 3.02. The fraction of sp³-hybridized carbons (Fsp3) is 0.133. The summed E-state index contributed by atoms with van der Waals surface area (Å²) in [7, 11) is 0. The smallest absolute Gasteiger partial charge is 0.221 e. The normalized spacial score (nSPS) is 11.8. The molecule has 0 aliphatic heterocycles. The first-order chi connectivity index (χ1) is 8.24. The van der Waals surface area contributed by atoms with Crippen molar-refractivity contribution in [2.45, 2.75) is 13.3 Å². The summed E-state index contributed by atoms with van der Waals surface area (Å²) in [6.45, 7) is 1.51. The Morgan fingerprint density at radius 2 is 2.06 bits per heavy atom. The Morgan fingerprint density at radius 1 is 1.24 bits per heavy atom. The Bertz CT molecular complexity index is 602. The third-order valence-electron chi connectivity index (χ3n) is 3.04. The molecule has 2 nitrogen and oxygen atoms in total. The summed E-state index contributed by atoms with van der Waals surface area (Å²) in [5.41, 5.74) is 5.87. The lowest BCUT2D eigenvalue weighted by molar-refractivity contribution is -0.114. The van der Waals surface area contributed by atoms with E-state index in [-0.39, 0.29) is 5.91 Å². The molecular formula is C15H12NO. The van der Waals surface area contributed by atoms with E-state index < -0.39 is 0 Å². The molecule has 1 aliphatic rings. The highest BCUT2D eigenvalue weighted by Crippen LogP contribution is 2.37. The number of hydrogen-bond acceptors (Lipinski definition) is 1. The maximum Gasteiger partial charge on any atom is 0.221 e. The van der Waals surface area contributed by atoms with Crippen LogP contribution < -0.4 is 5.32 Å². The van der Waals surface area contributed by atoms with Crippen molar-refractivity contribution in [3.8, 4) is 11.1 Å². The molecule has 2 aromatic carbocycles. The van der Waals surface area contributed by atoms with Gasteiger partial charge in [-0.15, -0.1) is 0 Å². The summed E-state index contributed by atoms with van der Waals surface area (Å²) >= 11 is 0. The van der Waals surface area contributed by atoms with Crippen molar-refractivity contribution in [3.63, 3.8) is 0 Å². The van der Waals surface area contributed by atoms with Gasteiger partial charge in [0.2, 0.25) is 5.91 Å². The highest BCUT2D eigenvalue weighted by atomic mass is 16.1. The second-order valence-electron chi connectivity index (χ2n) is 4.30. The minimum atomic E-state index is -0.0586. The first-order valence-corrected chi connectivity index (χ1v) is 5.64. The van der Waals surface area contributed by atoms with E-state index in [1.54, 1.807) is 0 Å². The van der Waals surface area contributed by atoms with Crippen LogP contribution in [0.1, 0.15) is 18.1 Å². The molecule has 1 N–H and O–H groups in total. The number of carbonyl (C=O) groups is 1. The largest absolute Gasteiger partial charge is 0.326 e. The Kier molecular flexibility index (Phi) is 2.22. The van der Waals surface area contributed by atoms with Gasteiger partial charge in [-0.05, 0) is 40.8 Å². The SMILES string of the molecule is CC(=O)Nc1[c]cc2c(c1)Cc1ccccc1-2. The van der Waals surface area contributed by atoms with Gasteiger partial charge in [-0.1, -0.05) is 24.3 Å². The van der Waals surface area contributed by atoms with Gasteiger partial charge in [0.1, 0.15) is 0 Å². The average molecular weight is 222 g/mol. The first kappa shape index (κ1) is 10.1. The second kappa shape index (κ2) is 3.74. The summed E-state index contributed by atoms with van der Waals surface area (Å²) < 4.78 is 0. The van der Waals surface area contributed by atoms with Crippen molar-refractivity contribution in [1.29, 1.82) is 0 Å². The fourth-order valence-electron chi connectivity index (χ4n) is 2.34. The van der Waals surface area contributed by atoms with Gasteiger partial charge in [0.25, 0.3) is 0 Å². The third-order valence-corrected chi connectivity index (χ3v) is 3.04. The minimum absolute atomic E-state index is 0.0586. The van der Waals surface area contributed by atoms with Crippen LogP contribution in [0, 0.1) is 6.07 Å². The molecule has 1 radical (unpaired) electrons. The van der Waals surface area contributed by atoms with Crippen LogP contribution in [0.15, 0.2) is 36.4 Å². The summed E-state index contributed by atoms with van der Waals surface area (Å²) in [4.78, 5) is 11.0. The van der Waals surface area contributed by atoms with E-state index in [4.69, 9.17) is 0 Å².